The Kier molecular flexibility index (Phi) is 6.34. The summed E-state index contributed by atoms with van der Waals surface area (Å²) in [5.41, 5.74) is 4.18. The van der Waals surface area contributed by atoms with Crippen LogP contribution in [0, 0.1) is 0 Å². The molecule has 1 aromatic carbocycles. The summed E-state index contributed by atoms with van der Waals surface area (Å²) in [7, 11) is 0. The van der Waals surface area contributed by atoms with Crippen molar-refractivity contribution in [2.75, 3.05) is 11.9 Å². The van der Waals surface area contributed by atoms with Gasteiger partial charge in [-0.25, -0.2) is 4.98 Å². The Morgan fingerprint density at radius 2 is 1.76 bits per heavy atom. The number of hydrogen-bond donors (Lipinski definition) is 2. The standard InChI is InChI=1S/C21H27N3O/c1-6-12-22-21(25)16-10-11-19(23-13-16)24-20-17(14(2)3)8-7-9-18(20)15(4)5/h6-11,13-15H,1,12H2,2-5H3,(H,22,25)(H,23,24). The van der Waals surface area contributed by atoms with Crippen LogP contribution in [0.3, 0.4) is 0 Å². The quantitative estimate of drug-likeness (QED) is 0.700. The second-order valence-corrected chi connectivity index (χ2v) is 6.68. The molecule has 1 aromatic heterocycles. The van der Waals surface area contributed by atoms with Crippen LogP contribution in [0.4, 0.5) is 11.5 Å². The molecule has 0 aliphatic carbocycles. The minimum absolute atomic E-state index is 0.149. The molecule has 2 N–H and O–H groups in total. The summed E-state index contributed by atoms with van der Waals surface area (Å²) < 4.78 is 0. The molecule has 0 saturated carbocycles. The van der Waals surface area contributed by atoms with Crippen LogP contribution < -0.4 is 10.6 Å². The Balaban J connectivity index is 2.27. The van der Waals surface area contributed by atoms with E-state index >= 15 is 0 Å². The Bertz CT molecular complexity index is 707. The Morgan fingerprint density at radius 3 is 2.24 bits per heavy atom. The normalized spacial score (nSPS) is 10.8. The molecule has 1 heterocycles. The fraction of sp³-hybridized carbons (Fsp3) is 0.333. The Labute approximate surface area is 150 Å². The second kappa shape index (κ2) is 8.47. The van der Waals surface area contributed by atoms with Gasteiger partial charge in [0.05, 0.1) is 5.56 Å². The summed E-state index contributed by atoms with van der Waals surface area (Å²) in [6, 6.07) is 10.0. The fourth-order valence-corrected chi connectivity index (χ4v) is 2.69. The highest BCUT2D eigenvalue weighted by molar-refractivity contribution is 5.94. The van der Waals surface area contributed by atoms with Crippen LogP contribution in [0.5, 0.6) is 0 Å². The summed E-state index contributed by atoms with van der Waals surface area (Å²) in [6.45, 7) is 12.8. The molecule has 1 amide bonds. The van der Waals surface area contributed by atoms with Crippen molar-refractivity contribution >= 4 is 17.4 Å². The largest absolute Gasteiger partial charge is 0.349 e. The molecule has 4 heteroatoms. The first-order valence-electron chi connectivity index (χ1n) is 8.69. The van der Waals surface area contributed by atoms with E-state index < -0.39 is 0 Å². The summed E-state index contributed by atoms with van der Waals surface area (Å²) in [5, 5.41) is 6.20. The number of para-hydroxylation sites is 1. The van der Waals surface area contributed by atoms with Crippen molar-refractivity contribution in [1.29, 1.82) is 0 Å². The number of carbonyl (C=O) groups excluding carboxylic acids is 1. The first-order chi connectivity index (χ1) is 11.9. The zero-order valence-electron chi connectivity index (χ0n) is 15.5. The number of nitrogens with zero attached hydrogens (tertiary/aromatic N) is 1. The smallest absolute Gasteiger partial charge is 0.253 e. The maximum atomic E-state index is 11.9. The molecule has 0 saturated heterocycles. The van der Waals surface area contributed by atoms with E-state index in [0.717, 1.165) is 11.5 Å². The van der Waals surface area contributed by atoms with Crippen LogP contribution in [-0.2, 0) is 0 Å². The van der Waals surface area contributed by atoms with Gasteiger partial charge in [0.1, 0.15) is 5.82 Å². The van der Waals surface area contributed by atoms with Gasteiger partial charge in [-0.2, -0.15) is 0 Å². The maximum absolute atomic E-state index is 11.9. The lowest BCUT2D eigenvalue weighted by molar-refractivity contribution is 0.0957. The van der Waals surface area contributed by atoms with Crippen LogP contribution in [0.25, 0.3) is 0 Å². The highest BCUT2D eigenvalue weighted by Crippen LogP contribution is 2.34. The number of hydrogen-bond acceptors (Lipinski definition) is 3. The molecular formula is C21H27N3O. The molecule has 4 nitrogen and oxygen atoms in total. The van der Waals surface area contributed by atoms with Crippen molar-refractivity contribution in [3.8, 4) is 0 Å². The number of pyridine rings is 1. The van der Waals surface area contributed by atoms with Crippen molar-refractivity contribution in [1.82, 2.24) is 10.3 Å². The van der Waals surface area contributed by atoms with Gasteiger partial charge in [-0.15, -0.1) is 6.58 Å². The van der Waals surface area contributed by atoms with Gasteiger partial charge in [0.2, 0.25) is 0 Å². The first kappa shape index (κ1) is 18.7. The van der Waals surface area contributed by atoms with Crippen molar-refractivity contribution in [3.05, 3.63) is 65.9 Å². The van der Waals surface area contributed by atoms with Crippen molar-refractivity contribution in [2.45, 2.75) is 39.5 Å². The number of aromatic nitrogens is 1. The van der Waals surface area contributed by atoms with E-state index in [-0.39, 0.29) is 5.91 Å². The molecule has 132 valence electrons. The zero-order valence-corrected chi connectivity index (χ0v) is 15.5. The van der Waals surface area contributed by atoms with Gasteiger partial charge < -0.3 is 10.6 Å². The number of rotatable bonds is 7. The average molecular weight is 337 g/mol. The van der Waals surface area contributed by atoms with Gasteiger partial charge in [-0.3, -0.25) is 4.79 Å². The zero-order chi connectivity index (χ0) is 18.4. The van der Waals surface area contributed by atoms with Gasteiger partial charge in [0.15, 0.2) is 0 Å². The van der Waals surface area contributed by atoms with E-state index in [1.807, 2.05) is 6.07 Å². The van der Waals surface area contributed by atoms with Gasteiger partial charge in [0, 0.05) is 18.4 Å². The molecule has 0 radical (unpaired) electrons. The van der Waals surface area contributed by atoms with Crippen LogP contribution in [-0.4, -0.2) is 17.4 Å². The molecule has 2 rings (SSSR count). The Hall–Kier alpha value is -2.62. The molecule has 0 bridgehead atoms. The lowest BCUT2D eigenvalue weighted by Crippen LogP contribution is -2.23. The SMILES string of the molecule is C=CCNC(=O)c1ccc(Nc2c(C(C)C)cccc2C(C)C)nc1. The minimum atomic E-state index is -0.149. The summed E-state index contributed by atoms with van der Waals surface area (Å²) in [4.78, 5) is 16.3. The highest BCUT2D eigenvalue weighted by Gasteiger charge is 2.14. The highest BCUT2D eigenvalue weighted by atomic mass is 16.1. The predicted octanol–water partition coefficient (Wildman–Crippen LogP) is 4.99. The van der Waals surface area contributed by atoms with Gasteiger partial charge >= 0.3 is 0 Å². The molecule has 0 spiro atoms. The van der Waals surface area contributed by atoms with Crippen LogP contribution in [0.1, 0.15) is 61.0 Å². The summed E-state index contributed by atoms with van der Waals surface area (Å²) >= 11 is 0. The molecule has 0 aliphatic rings. The van der Waals surface area contributed by atoms with E-state index in [1.54, 1.807) is 18.3 Å². The van der Waals surface area contributed by atoms with Gasteiger partial charge in [0.25, 0.3) is 5.91 Å². The third-order valence-electron chi connectivity index (χ3n) is 4.06. The second-order valence-electron chi connectivity index (χ2n) is 6.68. The number of benzene rings is 1. The van der Waals surface area contributed by atoms with Crippen molar-refractivity contribution < 1.29 is 4.79 Å². The van der Waals surface area contributed by atoms with Crippen LogP contribution >= 0.6 is 0 Å². The van der Waals surface area contributed by atoms with E-state index in [4.69, 9.17) is 0 Å². The average Bonchev–Trinajstić information content (AvgIpc) is 2.60. The summed E-state index contributed by atoms with van der Waals surface area (Å²) in [5.74, 6) is 1.40. The van der Waals surface area contributed by atoms with Gasteiger partial charge in [-0.05, 0) is 35.1 Å². The number of amides is 1. The molecular weight excluding hydrogens is 310 g/mol. The lowest BCUT2D eigenvalue weighted by Gasteiger charge is -2.20. The van der Waals surface area contributed by atoms with Crippen LogP contribution in [0.2, 0.25) is 0 Å². The van der Waals surface area contributed by atoms with Crippen LogP contribution in [0.15, 0.2) is 49.2 Å². The number of anilines is 2. The molecule has 25 heavy (non-hydrogen) atoms. The molecule has 2 aromatic rings. The van der Waals surface area contributed by atoms with Crippen molar-refractivity contribution in [2.24, 2.45) is 0 Å². The van der Waals surface area contributed by atoms with Crippen molar-refractivity contribution in [3.63, 3.8) is 0 Å². The molecule has 0 atom stereocenters. The number of nitrogens with one attached hydrogen (secondary N) is 2. The minimum Gasteiger partial charge on any atom is -0.349 e. The third kappa shape index (κ3) is 4.69. The Morgan fingerprint density at radius 1 is 1.12 bits per heavy atom. The predicted molar refractivity (Wildman–Crippen MR) is 105 cm³/mol. The fourth-order valence-electron chi connectivity index (χ4n) is 2.69. The summed E-state index contributed by atoms with van der Waals surface area (Å²) in [6.07, 6.45) is 3.24. The molecule has 0 unspecified atom stereocenters. The van der Waals surface area contributed by atoms with E-state index in [1.165, 1.54) is 11.1 Å². The lowest BCUT2D eigenvalue weighted by atomic mass is 9.92. The number of carbonyl (C=O) groups is 1. The molecule has 0 aliphatic heterocycles. The monoisotopic (exact) mass is 337 g/mol. The molecule has 0 fully saturated rings. The van der Waals surface area contributed by atoms with E-state index in [0.29, 0.717) is 23.9 Å². The topological polar surface area (TPSA) is 54.0 Å². The van der Waals surface area contributed by atoms with E-state index in [9.17, 15) is 4.79 Å². The first-order valence-corrected chi connectivity index (χ1v) is 8.69. The van der Waals surface area contributed by atoms with E-state index in [2.05, 4.69) is 68.1 Å². The maximum Gasteiger partial charge on any atom is 0.253 e. The third-order valence-corrected chi connectivity index (χ3v) is 4.06. The van der Waals surface area contributed by atoms with Gasteiger partial charge in [-0.1, -0.05) is 52.0 Å².